The minimum atomic E-state index is -2.02. The van der Waals surface area contributed by atoms with Crippen LogP contribution in [0.5, 0.6) is 0 Å². The van der Waals surface area contributed by atoms with Crippen LogP contribution in [-0.4, -0.2) is 114 Å². The summed E-state index contributed by atoms with van der Waals surface area (Å²) in [5, 5.41) is 12.1. The van der Waals surface area contributed by atoms with Gasteiger partial charge in [0.15, 0.2) is 5.54 Å². The van der Waals surface area contributed by atoms with E-state index >= 15 is 0 Å². The third-order valence-electron chi connectivity index (χ3n) is 6.05. The van der Waals surface area contributed by atoms with E-state index in [1.165, 1.54) is 6.08 Å². The van der Waals surface area contributed by atoms with Crippen molar-refractivity contribution < 1.29 is 52.8 Å². The standard InChI is InChI=1S/C23H34N4O11/c1-7-8-37-19(33)27-12-23(18(32)36-6,10-14(27)16(29)30)25-15(28)13-9-22(24,17(31)35-5)11-26(13)20(34)38-21(2,3)4/h7,13-14H,1,8-12,24H2,2-6H3,(H,25,28)(H,29,30)/t13-,14-,22-,23-/m0/s1. The first-order valence-electron chi connectivity index (χ1n) is 11.6. The molecule has 4 N–H and O–H groups in total. The SMILES string of the molecule is C=CCOC(=O)N1C[C@](NC(=O)[C@@H]2C[C@@](N)(C(=O)OC)CN2C(=O)OC(C)(C)C)(C(=O)OC)C[C@H]1C(=O)O. The first-order chi connectivity index (χ1) is 17.5. The molecule has 0 aromatic carbocycles. The van der Waals surface area contributed by atoms with Gasteiger partial charge in [-0.1, -0.05) is 12.7 Å². The van der Waals surface area contributed by atoms with Crippen molar-refractivity contribution >= 4 is 36.0 Å². The molecular formula is C23H34N4O11. The quantitative estimate of drug-likeness (QED) is 0.209. The van der Waals surface area contributed by atoms with Crippen LogP contribution in [0.1, 0.15) is 33.6 Å². The van der Waals surface area contributed by atoms with E-state index in [-0.39, 0.29) is 6.61 Å². The van der Waals surface area contributed by atoms with E-state index < -0.39 is 90.7 Å². The third-order valence-corrected chi connectivity index (χ3v) is 6.05. The minimum Gasteiger partial charge on any atom is -0.480 e. The summed E-state index contributed by atoms with van der Waals surface area (Å²) in [5.41, 5.74) is 1.43. The minimum absolute atomic E-state index is 0.224. The summed E-state index contributed by atoms with van der Waals surface area (Å²) in [5.74, 6) is -4.33. The molecule has 2 heterocycles. The summed E-state index contributed by atoms with van der Waals surface area (Å²) in [7, 11) is 2.12. The average molecular weight is 543 g/mol. The molecule has 2 aliphatic rings. The van der Waals surface area contributed by atoms with Crippen molar-refractivity contribution in [3.05, 3.63) is 12.7 Å². The highest BCUT2D eigenvalue weighted by Crippen LogP contribution is 2.33. The Labute approximate surface area is 219 Å². The second kappa shape index (κ2) is 11.2. The van der Waals surface area contributed by atoms with Crippen LogP contribution in [0.2, 0.25) is 0 Å². The average Bonchev–Trinajstić information content (AvgIpc) is 3.41. The summed E-state index contributed by atoms with van der Waals surface area (Å²) in [6.45, 7) is 6.94. The number of aliphatic carboxylic acids is 1. The topological polar surface area (TPSA) is 204 Å². The van der Waals surface area contributed by atoms with Crippen LogP contribution in [0.4, 0.5) is 9.59 Å². The smallest absolute Gasteiger partial charge is 0.411 e. The molecule has 4 atom stereocenters. The maximum Gasteiger partial charge on any atom is 0.411 e. The van der Waals surface area contributed by atoms with Crippen molar-refractivity contribution in [1.29, 1.82) is 0 Å². The number of carbonyl (C=O) groups is 6. The van der Waals surface area contributed by atoms with Crippen LogP contribution in [0, 0.1) is 0 Å². The monoisotopic (exact) mass is 542 g/mol. The van der Waals surface area contributed by atoms with Gasteiger partial charge in [-0.3, -0.25) is 14.6 Å². The molecule has 0 radical (unpaired) electrons. The Balaban J connectivity index is 2.44. The summed E-state index contributed by atoms with van der Waals surface area (Å²) >= 11 is 0. The highest BCUT2D eigenvalue weighted by molar-refractivity contribution is 5.96. The summed E-state index contributed by atoms with van der Waals surface area (Å²) in [6, 6.07) is -2.97. The van der Waals surface area contributed by atoms with Crippen LogP contribution >= 0.6 is 0 Å². The number of nitrogens with two attached hydrogens (primary N) is 1. The van der Waals surface area contributed by atoms with Crippen LogP contribution in [0.3, 0.4) is 0 Å². The predicted molar refractivity (Wildman–Crippen MR) is 127 cm³/mol. The maximum absolute atomic E-state index is 13.6. The fourth-order valence-electron chi connectivity index (χ4n) is 4.37. The second-order valence-corrected chi connectivity index (χ2v) is 10.1. The van der Waals surface area contributed by atoms with Gasteiger partial charge < -0.3 is 35.1 Å². The second-order valence-electron chi connectivity index (χ2n) is 10.1. The number of nitrogens with zero attached hydrogens (tertiary/aromatic N) is 2. The number of carbonyl (C=O) groups excluding carboxylic acids is 5. The Morgan fingerprint density at radius 2 is 1.58 bits per heavy atom. The first kappa shape index (κ1) is 30.3. The van der Waals surface area contributed by atoms with Crippen LogP contribution < -0.4 is 11.1 Å². The summed E-state index contributed by atoms with van der Waals surface area (Å²) in [4.78, 5) is 77.9. The summed E-state index contributed by atoms with van der Waals surface area (Å²) in [6.07, 6.45) is -1.69. The lowest BCUT2D eigenvalue weighted by Crippen LogP contribution is -2.61. The van der Waals surface area contributed by atoms with Gasteiger partial charge in [0.1, 0.15) is 29.8 Å². The molecule has 0 aromatic heterocycles. The van der Waals surface area contributed by atoms with E-state index in [1.54, 1.807) is 20.8 Å². The van der Waals surface area contributed by atoms with Gasteiger partial charge in [0, 0.05) is 12.8 Å². The highest BCUT2D eigenvalue weighted by atomic mass is 16.6. The van der Waals surface area contributed by atoms with Gasteiger partial charge in [-0.25, -0.2) is 24.0 Å². The Kier molecular flexibility index (Phi) is 8.98. The fourth-order valence-corrected chi connectivity index (χ4v) is 4.37. The number of esters is 2. The van der Waals surface area contributed by atoms with Crippen LogP contribution in [0.15, 0.2) is 12.7 Å². The number of hydrogen-bond donors (Lipinski definition) is 3. The van der Waals surface area contributed by atoms with Crippen molar-refractivity contribution in [3.8, 4) is 0 Å². The predicted octanol–water partition coefficient (Wildman–Crippen LogP) is -0.624. The molecule has 2 aliphatic heterocycles. The molecule has 2 rings (SSSR count). The van der Waals surface area contributed by atoms with Gasteiger partial charge in [0.25, 0.3) is 0 Å². The Hall–Kier alpha value is -3.88. The summed E-state index contributed by atoms with van der Waals surface area (Å²) < 4.78 is 19.9. The van der Waals surface area contributed by atoms with E-state index in [4.69, 9.17) is 24.7 Å². The zero-order valence-corrected chi connectivity index (χ0v) is 22.0. The Bertz CT molecular complexity index is 1010. The number of hydrogen-bond acceptors (Lipinski definition) is 11. The molecular weight excluding hydrogens is 508 g/mol. The lowest BCUT2D eigenvalue weighted by atomic mass is 9.93. The molecule has 3 amide bonds. The number of amides is 3. The zero-order chi connectivity index (χ0) is 29.1. The van der Waals surface area contributed by atoms with Crippen molar-refractivity contribution in [2.45, 2.75) is 62.4 Å². The molecule has 212 valence electrons. The number of methoxy groups -OCH3 is 2. The van der Waals surface area contributed by atoms with E-state index in [0.29, 0.717) is 0 Å². The van der Waals surface area contributed by atoms with Crippen molar-refractivity contribution in [3.63, 3.8) is 0 Å². The molecule has 2 fully saturated rings. The van der Waals surface area contributed by atoms with Gasteiger partial charge in [-0.2, -0.15) is 0 Å². The largest absolute Gasteiger partial charge is 0.480 e. The van der Waals surface area contributed by atoms with Crippen molar-refractivity contribution in [1.82, 2.24) is 15.1 Å². The molecule has 0 unspecified atom stereocenters. The highest BCUT2D eigenvalue weighted by Gasteiger charge is 2.58. The van der Waals surface area contributed by atoms with Gasteiger partial charge in [0.2, 0.25) is 5.91 Å². The van der Waals surface area contributed by atoms with Gasteiger partial charge in [-0.05, 0) is 20.8 Å². The van der Waals surface area contributed by atoms with E-state index in [2.05, 4.69) is 11.9 Å². The van der Waals surface area contributed by atoms with Crippen molar-refractivity contribution in [2.75, 3.05) is 33.9 Å². The molecule has 38 heavy (non-hydrogen) atoms. The Morgan fingerprint density at radius 3 is 2.08 bits per heavy atom. The van der Waals surface area contributed by atoms with E-state index in [1.807, 2.05) is 0 Å². The first-order valence-corrected chi connectivity index (χ1v) is 11.6. The Morgan fingerprint density at radius 1 is 1.00 bits per heavy atom. The molecule has 0 saturated carbocycles. The van der Waals surface area contributed by atoms with E-state index in [9.17, 15) is 33.9 Å². The molecule has 15 nitrogen and oxygen atoms in total. The molecule has 2 saturated heterocycles. The fraction of sp³-hybridized carbons (Fsp3) is 0.652. The number of carboxylic acid groups (broad SMARTS) is 1. The number of nitrogens with one attached hydrogen (secondary N) is 1. The van der Waals surface area contributed by atoms with Gasteiger partial charge >= 0.3 is 30.1 Å². The number of ether oxygens (including phenoxy) is 4. The zero-order valence-electron chi connectivity index (χ0n) is 22.0. The van der Waals surface area contributed by atoms with Crippen LogP contribution in [-0.2, 0) is 38.1 Å². The lowest BCUT2D eigenvalue weighted by molar-refractivity contribution is -0.151. The molecule has 15 heteroatoms. The maximum atomic E-state index is 13.6. The number of rotatable bonds is 7. The van der Waals surface area contributed by atoms with Crippen LogP contribution in [0.25, 0.3) is 0 Å². The normalized spacial score (nSPS) is 26.8. The molecule has 0 aromatic rings. The molecule has 0 aliphatic carbocycles. The molecule has 0 bridgehead atoms. The lowest BCUT2D eigenvalue weighted by Gasteiger charge is -2.31. The molecule has 0 spiro atoms. The van der Waals surface area contributed by atoms with E-state index in [0.717, 1.165) is 24.0 Å². The number of likely N-dealkylation sites (tertiary alicyclic amines) is 2. The van der Waals surface area contributed by atoms with Gasteiger partial charge in [0.05, 0.1) is 27.3 Å². The number of carboxylic acids is 1. The van der Waals surface area contributed by atoms with Crippen molar-refractivity contribution in [2.24, 2.45) is 5.73 Å². The third kappa shape index (κ3) is 6.33. The van der Waals surface area contributed by atoms with Gasteiger partial charge in [-0.15, -0.1) is 0 Å².